The minimum Gasteiger partial charge on any atom is -0.352 e. The van der Waals surface area contributed by atoms with Crippen LogP contribution in [0.25, 0.3) is 0 Å². The highest BCUT2D eigenvalue weighted by Gasteiger charge is 2.51. The Balaban J connectivity index is 1.74. The minimum absolute atomic E-state index is 0.0583. The number of nitrogens with zero attached hydrogens (tertiary/aromatic N) is 1. The van der Waals surface area contributed by atoms with Crippen LogP contribution in [0, 0.1) is 29.1 Å². The van der Waals surface area contributed by atoms with Gasteiger partial charge < -0.3 is 5.32 Å². The molecular weight excluding hydrogens is 188 g/mol. The number of carbonyl (C=O) groups excluding carboxylic acids is 1. The smallest absolute Gasteiger partial charge is 0.223 e. The van der Waals surface area contributed by atoms with Gasteiger partial charge in [0.15, 0.2) is 0 Å². The van der Waals surface area contributed by atoms with Gasteiger partial charge >= 0.3 is 0 Å². The molecule has 15 heavy (non-hydrogen) atoms. The lowest BCUT2D eigenvalue weighted by Crippen LogP contribution is -2.35. The van der Waals surface area contributed by atoms with Crippen LogP contribution in [0.1, 0.15) is 39.0 Å². The Hall–Kier alpha value is -1.04. The first-order chi connectivity index (χ1) is 7.26. The molecule has 3 heteroatoms. The maximum absolute atomic E-state index is 11.8. The molecular formula is C12H18N2O. The topological polar surface area (TPSA) is 52.9 Å². The third-order valence-electron chi connectivity index (χ3n) is 3.58. The largest absolute Gasteiger partial charge is 0.352 e. The number of hydrogen-bond donors (Lipinski definition) is 1. The minimum atomic E-state index is 0.0583. The van der Waals surface area contributed by atoms with Gasteiger partial charge in [0.25, 0.3) is 0 Å². The van der Waals surface area contributed by atoms with Crippen molar-refractivity contribution in [2.24, 2.45) is 17.8 Å². The number of hydrogen-bond acceptors (Lipinski definition) is 2. The second kappa shape index (κ2) is 4.22. The lowest BCUT2D eigenvalue weighted by Gasteiger charge is -2.13. The van der Waals surface area contributed by atoms with E-state index in [1.54, 1.807) is 0 Å². The molecule has 0 aromatic rings. The lowest BCUT2D eigenvalue weighted by molar-refractivity contribution is -0.123. The molecule has 0 heterocycles. The first-order valence-electron chi connectivity index (χ1n) is 5.93. The van der Waals surface area contributed by atoms with Crippen LogP contribution in [0.2, 0.25) is 0 Å². The molecule has 3 nitrogen and oxygen atoms in total. The molecule has 1 amide bonds. The molecule has 0 aromatic carbocycles. The van der Waals surface area contributed by atoms with Crippen LogP contribution in [0.3, 0.4) is 0 Å². The summed E-state index contributed by atoms with van der Waals surface area (Å²) >= 11 is 0. The lowest BCUT2D eigenvalue weighted by atomic mass is 10.1. The van der Waals surface area contributed by atoms with Gasteiger partial charge in [-0.1, -0.05) is 6.92 Å². The number of rotatable bonds is 5. The Bertz CT molecular complexity index is 290. The molecule has 1 N–H and O–H groups in total. The SMILES string of the molecule is CC[C@H](CC#N)NC(=O)[C@H]1C[C@@H]1C1CC1. The summed E-state index contributed by atoms with van der Waals surface area (Å²) in [6, 6.07) is 2.17. The summed E-state index contributed by atoms with van der Waals surface area (Å²) in [6.45, 7) is 2.01. The van der Waals surface area contributed by atoms with Gasteiger partial charge in [-0.15, -0.1) is 0 Å². The second-order valence-corrected chi connectivity index (χ2v) is 4.82. The Morgan fingerprint density at radius 1 is 1.60 bits per heavy atom. The van der Waals surface area contributed by atoms with Gasteiger partial charge in [-0.25, -0.2) is 0 Å². The highest BCUT2D eigenvalue weighted by atomic mass is 16.2. The Morgan fingerprint density at radius 2 is 2.33 bits per heavy atom. The highest BCUT2D eigenvalue weighted by molar-refractivity contribution is 5.82. The van der Waals surface area contributed by atoms with Crippen molar-refractivity contribution in [3.8, 4) is 6.07 Å². The number of carbonyl (C=O) groups is 1. The van der Waals surface area contributed by atoms with Gasteiger partial charge in [0.2, 0.25) is 5.91 Å². The molecule has 2 saturated carbocycles. The van der Waals surface area contributed by atoms with E-state index in [1.165, 1.54) is 12.8 Å². The predicted octanol–water partition coefficient (Wildman–Crippen LogP) is 1.84. The Kier molecular flexibility index (Phi) is 2.95. The molecule has 2 fully saturated rings. The summed E-state index contributed by atoms with van der Waals surface area (Å²) < 4.78 is 0. The van der Waals surface area contributed by atoms with Crippen LogP contribution in [0.15, 0.2) is 0 Å². The van der Waals surface area contributed by atoms with Crippen molar-refractivity contribution >= 4 is 5.91 Å². The van der Waals surface area contributed by atoms with Crippen LogP contribution < -0.4 is 5.32 Å². The summed E-state index contributed by atoms with van der Waals surface area (Å²) in [5.74, 6) is 1.97. The van der Waals surface area contributed by atoms with Crippen molar-refractivity contribution < 1.29 is 4.79 Å². The van der Waals surface area contributed by atoms with E-state index in [2.05, 4.69) is 11.4 Å². The van der Waals surface area contributed by atoms with E-state index >= 15 is 0 Å². The monoisotopic (exact) mass is 206 g/mol. The van der Waals surface area contributed by atoms with Gasteiger partial charge in [-0.2, -0.15) is 5.26 Å². The maximum atomic E-state index is 11.8. The Morgan fingerprint density at radius 3 is 2.87 bits per heavy atom. The maximum Gasteiger partial charge on any atom is 0.223 e. The summed E-state index contributed by atoms with van der Waals surface area (Å²) in [5, 5.41) is 11.6. The van der Waals surface area contributed by atoms with Crippen molar-refractivity contribution in [2.75, 3.05) is 0 Å². The van der Waals surface area contributed by atoms with Crippen LogP contribution in [-0.2, 0) is 4.79 Å². The highest BCUT2D eigenvalue weighted by Crippen LogP contribution is 2.54. The van der Waals surface area contributed by atoms with Crippen LogP contribution in [0.5, 0.6) is 0 Å². The molecule has 0 unspecified atom stereocenters. The average molecular weight is 206 g/mol. The third kappa shape index (κ3) is 2.50. The van der Waals surface area contributed by atoms with Crippen molar-refractivity contribution in [3.63, 3.8) is 0 Å². The molecule has 0 aliphatic heterocycles. The molecule has 2 aliphatic rings. The molecule has 0 aromatic heterocycles. The first-order valence-corrected chi connectivity index (χ1v) is 5.93. The number of amides is 1. The van der Waals surface area contributed by atoms with Crippen molar-refractivity contribution in [1.82, 2.24) is 5.32 Å². The molecule has 0 radical (unpaired) electrons. The Labute approximate surface area is 90.8 Å². The van der Waals surface area contributed by atoms with Crippen LogP contribution in [-0.4, -0.2) is 11.9 Å². The fourth-order valence-electron chi connectivity index (χ4n) is 2.28. The van der Waals surface area contributed by atoms with E-state index in [9.17, 15) is 4.79 Å². The van der Waals surface area contributed by atoms with Gasteiger partial charge in [-0.05, 0) is 37.5 Å². The van der Waals surface area contributed by atoms with Gasteiger partial charge in [-0.3, -0.25) is 4.79 Å². The zero-order chi connectivity index (χ0) is 10.8. The van der Waals surface area contributed by atoms with E-state index in [-0.39, 0.29) is 17.9 Å². The summed E-state index contributed by atoms with van der Waals surface area (Å²) in [7, 11) is 0. The van der Waals surface area contributed by atoms with Gasteiger partial charge in [0, 0.05) is 12.0 Å². The fraction of sp³-hybridized carbons (Fsp3) is 0.833. The molecule has 3 atom stereocenters. The molecule has 2 rings (SSSR count). The summed E-state index contributed by atoms with van der Waals surface area (Å²) in [5.41, 5.74) is 0. The van der Waals surface area contributed by atoms with Crippen molar-refractivity contribution in [3.05, 3.63) is 0 Å². The fourth-order valence-corrected chi connectivity index (χ4v) is 2.28. The summed E-state index contributed by atoms with van der Waals surface area (Å²) in [6.07, 6.45) is 5.01. The predicted molar refractivity (Wildman–Crippen MR) is 56.8 cm³/mol. The quantitative estimate of drug-likeness (QED) is 0.746. The molecule has 0 bridgehead atoms. The molecule has 2 aliphatic carbocycles. The van der Waals surface area contributed by atoms with E-state index in [1.807, 2.05) is 6.92 Å². The first kappa shape index (κ1) is 10.5. The number of nitrogens with one attached hydrogen (secondary N) is 1. The number of nitriles is 1. The zero-order valence-electron chi connectivity index (χ0n) is 9.20. The van der Waals surface area contributed by atoms with E-state index in [0.717, 1.165) is 18.8 Å². The molecule has 0 spiro atoms. The second-order valence-electron chi connectivity index (χ2n) is 4.82. The normalized spacial score (nSPS) is 30.4. The summed E-state index contributed by atoms with van der Waals surface area (Å²) in [4.78, 5) is 11.8. The average Bonchev–Trinajstić information content (AvgIpc) is 3.03. The zero-order valence-corrected chi connectivity index (χ0v) is 9.20. The van der Waals surface area contributed by atoms with Gasteiger partial charge in [0.1, 0.15) is 0 Å². The van der Waals surface area contributed by atoms with Crippen LogP contribution in [0.4, 0.5) is 0 Å². The molecule has 82 valence electrons. The third-order valence-corrected chi connectivity index (χ3v) is 3.58. The molecule has 0 saturated heterocycles. The van der Waals surface area contributed by atoms with E-state index in [0.29, 0.717) is 12.3 Å². The van der Waals surface area contributed by atoms with Crippen LogP contribution >= 0.6 is 0 Å². The van der Waals surface area contributed by atoms with E-state index in [4.69, 9.17) is 5.26 Å². The van der Waals surface area contributed by atoms with E-state index < -0.39 is 0 Å². The van der Waals surface area contributed by atoms with Gasteiger partial charge in [0.05, 0.1) is 12.5 Å². The van der Waals surface area contributed by atoms with Crippen molar-refractivity contribution in [2.45, 2.75) is 45.1 Å². The van der Waals surface area contributed by atoms with Crippen molar-refractivity contribution in [1.29, 1.82) is 5.26 Å². The standard InChI is InChI=1S/C12H18N2O/c1-2-9(5-6-13)14-12(15)11-7-10(11)8-3-4-8/h8-11H,2-5,7H2,1H3,(H,14,15)/t9-,10-,11+/m1/s1.